The van der Waals surface area contributed by atoms with Crippen LogP contribution in [0.1, 0.15) is 60.6 Å². The first kappa shape index (κ1) is 24.2. The number of rotatable bonds is 5. The monoisotopic (exact) mass is 509 g/mol. The Morgan fingerprint density at radius 2 is 1.57 bits per heavy atom. The van der Waals surface area contributed by atoms with Gasteiger partial charge in [-0.25, -0.2) is 4.98 Å². The number of carbonyl (C=O) groups excluding carboxylic acids is 1. The molecule has 6 rings (SSSR count). The predicted octanol–water partition coefficient (Wildman–Crippen LogP) is 5.67. The van der Waals surface area contributed by atoms with Crippen molar-refractivity contribution in [1.29, 1.82) is 0 Å². The first-order valence-electron chi connectivity index (χ1n) is 13.1. The predicted molar refractivity (Wildman–Crippen MR) is 134 cm³/mol. The summed E-state index contributed by atoms with van der Waals surface area (Å²) >= 11 is 0. The zero-order valence-corrected chi connectivity index (χ0v) is 20.6. The topological polar surface area (TPSA) is 54.3 Å². The highest BCUT2D eigenvalue weighted by molar-refractivity contribution is 5.99. The van der Waals surface area contributed by atoms with E-state index in [9.17, 15) is 18.0 Å². The Morgan fingerprint density at radius 3 is 2.22 bits per heavy atom. The van der Waals surface area contributed by atoms with Gasteiger partial charge in [-0.2, -0.15) is 13.2 Å². The molecule has 0 radical (unpaired) electrons. The lowest BCUT2D eigenvalue weighted by molar-refractivity contribution is -0.137. The number of hydrogen-bond acceptors (Lipinski definition) is 4. The van der Waals surface area contributed by atoms with Crippen LogP contribution in [0.4, 0.5) is 13.2 Å². The van der Waals surface area contributed by atoms with Crippen molar-refractivity contribution >= 4 is 5.91 Å². The molecular weight excluding hydrogens is 479 g/mol. The summed E-state index contributed by atoms with van der Waals surface area (Å²) in [5, 5.41) is 0. The maximum Gasteiger partial charge on any atom is 0.416 e. The Labute approximate surface area is 214 Å². The summed E-state index contributed by atoms with van der Waals surface area (Å²) in [6.07, 6.45) is 4.93. The molecule has 4 heterocycles. The number of amides is 1. The molecule has 0 N–H and O–H groups in total. The van der Waals surface area contributed by atoms with E-state index in [1.54, 1.807) is 30.6 Å². The fraction of sp³-hybridized carbons (Fsp3) is 0.464. The lowest BCUT2D eigenvalue weighted by atomic mass is 10.0. The molecule has 1 amide bonds. The van der Waals surface area contributed by atoms with E-state index in [1.807, 2.05) is 9.47 Å². The molecule has 0 atom stereocenters. The maximum absolute atomic E-state index is 14.1. The fourth-order valence-corrected chi connectivity index (χ4v) is 5.77. The number of nitrogens with zero attached hydrogens (tertiary/aromatic N) is 5. The van der Waals surface area contributed by atoms with Crippen molar-refractivity contribution in [2.75, 3.05) is 26.2 Å². The highest BCUT2D eigenvalue weighted by atomic mass is 19.4. The van der Waals surface area contributed by atoms with Crippen molar-refractivity contribution in [3.63, 3.8) is 0 Å². The van der Waals surface area contributed by atoms with Gasteiger partial charge in [-0.15, -0.1) is 0 Å². The first-order valence-corrected chi connectivity index (χ1v) is 13.1. The van der Waals surface area contributed by atoms with E-state index in [2.05, 4.69) is 9.88 Å². The van der Waals surface area contributed by atoms with Gasteiger partial charge in [0.2, 0.25) is 0 Å². The second-order valence-electron chi connectivity index (χ2n) is 10.3. The Hall–Kier alpha value is -3.20. The summed E-state index contributed by atoms with van der Waals surface area (Å²) in [6, 6.07) is 9.40. The number of pyridine rings is 1. The van der Waals surface area contributed by atoms with Crippen molar-refractivity contribution in [1.82, 2.24) is 24.3 Å². The normalized spacial score (nSPS) is 19.5. The highest BCUT2D eigenvalue weighted by Crippen LogP contribution is 2.43. The number of benzene rings is 1. The third-order valence-corrected chi connectivity index (χ3v) is 7.84. The average molecular weight is 510 g/mol. The number of alkyl halides is 3. The lowest BCUT2D eigenvalue weighted by Crippen LogP contribution is -2.46. The van der Waals surface area contributed by atoms with E-state index in [1.165, 1.54) is 18.9 Å². The summed E-state index contributed by atoms with van der Waals surface area (Å²) in [5.41, 5.74) is 1.36. The zero-order chi connectivity index (χ0) is 25.6. The number of halogens is 3. The molecule has 0 unspecified atom stereocenters. The van der Waals surface area contributed by atoms with Crippen molar-refractivity contribution in [3.8, 4) is 22.6 Å². The van der Waals surface area contributed by atoms with Crippen LogP contribution in [0.3, 0.4) is 0 Å². The van der Waals surface area contributed by atoms with Crippen molar-refractivity contribution in [3.05, 3.63) is 60.0 Å². The van der Waals surface area contributed by atoms with E-state index >= 15 is 0 Å². The summed E-state index contributed by atoms with van der Waals surface area (Å²) < 4.78 is 42.5. The standard InChI is InChI=1S/C28H30F3N5O/c29-28(30,31)21-5-3-4-20(18-21)26-33-24(19-8-12-32-13-9-19)25(36(26)23-6-7-23)27(37)35-16-10-22(11-17-35)34-14-1-2-15-34/h3-5,8-9,12-13,18,22-23H,1-2,6-7,10-11,14-17H2. The Balaban J connectivity index is 1.40. The minimum atomic E-state index is -4.46. The number of likely N-dealkylation sites (tertiary alicyclic amines) is 2. The van der Waals surface area contributed by atoms with E-state index < -0.39 is 11.7 Å². The zero-order valence-electron chi connectivity index (χ0n) is 20.6. The molecule has 2 aliphatic heterocycles. The molecule has 3 fully saturated rings. The van der Waals surface area contributed by atoms with E-state index in [-0.39, 0.29) is 11.9 Å². The number of aromatic nitrogens is 3. The van der Waals surface area contributed by atoms with Gasteiger partial charge in [0.15, 0.2) is 0 Å². The minimum absolute atomic E-state index is 0.0497. The summed E-state index contributed by atoms with van der Waals surface area (Å²) in [4.78, 5) is 27.5. The summed E-state index contributed by atoms with van der Waals surface area (Å²) in [5.74, 6) is 0.319. The molecule has 1 aliphatic carbocycles. The molecule has 1 saturated carbocycles. The molecule has 37 heavy (non-hydrogen) atoms. The van der Waals surface area contributed by atoms with Crippen LogP contribution in [0.2, 0.25) is 0 Å². The smallest absolute Gasteiger partial charge is 0.337 e. The van der Waals surface area contributed by atoms with Crippen molar-refractivity contribution in [2.24, 2.45) is 0 Å². The van der Waals surface area contributed by atoms with Crippen LogP contribution in [-0.4, -0.2) is 62.5 Å². The third-order valence-electron chi connectivity index (χ3n) is 7.84. The molecule has 0 spiro atoms. The van der Waals surface area contributed by atoms with Crippen LogP contribution < -0.4 is 0 Å². The molecule has 1 aromatic carbocycles. The van der Waals surface area contributed by atoms with Crippen LogP contribution in [0, 0.1) is 0 Å². The van der Waals surface area contributed by atoms with E-state index in [0.29, 0.717) is 41.9 Å². The Bertz CT molecular complexity index is 1270. The largest absolute Gasteiger partial charge is 0.416 e. The molecular formula is C28H30F3N5O. The van der Waals surface area contributed by atoms with Gasteiger partial charge in [0.25, 0.3) is 5.91 Å². The first-order chi connectivity index (χ1) is 17.9. The van der Waals surface area contributed by atoms with Crippen LogP contribution in [0.25, 0.3) is 22.6 Å². The Kier molecular flexibility index (Phi) is 6.26. The van der Waals surface area contributed by atoms with Crippen LogP contribution in [0.15, 0.2) is 48.8 Å². The van der Waals surface area contributed by atoms with Crippen molar-refractivity contribution in [2.45, 2.75) is 56.8 Å². The molecule has 194 valence electrons. The molecule has 3 aromatic rings. The van der Waals surface area contributed by atoms with Gasteiger partial charge in [-0.05, 0) is 75.9 Å². The number of piperidine rings is 1. The van der Waals surface area contributed by atoms with Crippen LogP contribution >= 0.6 is 0 Å². The third kappa shape index (κ3) is 4.77. The number of imidazole rings is 1. The highest BCUT2D eigenvalue weighted by Gasteiger charge is 2.38. The van der Waals surface area contributed by atoms with Gasteiger partial charge in [0, 0.05) is 48.7 Å². The van der Waals surface area contributed by atoms with Crippen LogP contribution in [-0.2, 0) is 6.18 Å². The molecule has 6 nitrogen and oxygen atoms in total. The van der Waals surface area contributed by atoms with E-state index in [4.69, 9.17) is 4.98 Å². The molecule has 9 heteroatoms. The lowest BCUT2D eigenvalue weighted by Gasteiger charge is -2.36. The molecule has 2 saturated heterocycles. The van der Waals surface area contributed by atoms with Gasteiger partial charge in [-0.1, -0.05) is 12.1 Å². The van der Waals surface area contributed by atoms with E-state index in [0.717, 1.165) is 56.5 Å². The molecule has 0 bridgehead atoms. The van der Waals surface area contributed by atoms with Gasteiger partial charge in [0.05, 0.1) is 5.56 Å². The number of carbonyl (C=O) groups is 1. The second-order valence-corrected chi connectivity index (χ2v) is 10.3. The molecule has 2 aromatic heterocycles. The fourth-order valence-electron chi connectivity index (χ4n) is 5.77. The maximum atomic E-state index is 14.1. The SMILES string of the molecule is O=C(c1c(-c2ccncc2)nc(-c2cccc(C(F)(F)F)c2)n1C1CC1)N1CCC(N2CCCC2)CC1. The van der Waals surface area contributed by atoms with Gasteiger partial charge < -0.3 is 14.4 Å². The van der Waals surface area contributed by atoms with Gasteiger partial charge in [-0.3, -0.25) is 9.78 Å². The second kappa shape index (κ2) is 9.59. The molecule has 3 aliphatic rings. The summed E-state index contributed by atoms with van der Waals surface area (Å²) in [6.45, 7) is 3.62. The Morgan fingerprint density at radius 1 is 0.865 bits per heavy atom. The summed E-state index contributed by atoms with van der Waals surface area (Å²) in [7, 11) is 0. The minimum Gasteiger partial charge on any atom is -0.337 e. The van der Waals surface area contributed by atoms with Gasteiger partial charge in [0.1, 0.15) is 17.2 Å². The average Bonchev–Trinajstić information content (AvgIpc) is 3.45. The quantitative estimate of drug-likeness (QED) is 0.445. The number of hydrogen-bond donors (Lipinski definition) is 0. The van der Waals surface area contributed by atoms with Crippen molar-refractivity contribution < 1.29 is 18.0 Å². The van der Waals surface area contributed by atoms with Gasteiger partial charge >= 0.3 is 6.18 Å². The van der Waals surface area contributed by atoms with Crippen LogP contribution in [0.5, 0.6) is 0 Å².